The molecule has 1 aliphatic heterocycles. The van der Waals surface area contributed by atoms with E-state index in [0.717, 1.165) is 10.5 Å². The summed E-state index contributed by atoms with van der Waals surface area (Å²) in [5.74, 6) is -1.09. The second-order valence-electron chi connectivity index (χ2n) is 7.77. The molecule has 1 fully saturated rings. The second kappa shape index (κ2) is 7.78. The number of carbonyl (C=O) groups is 2. The third-order valence-electron chi connectivity index (χ3n) is 4.41. The first-order valence-corrected chi connectivity index (χ1v) is 8.79. The lowest BCUT2D eigenvalue weighted by atomic mass is 9.82. The summed E-state index contributed by atoms with van der Waals surface area (Å²) < 4.78 is 44.2. The van der Waals surface area contributed by atoms with E-state index in [1.807, 2.05) is 18.2 Å². The number of piperidine rings is 1. The fourth-order valence-electron chi connectivity index (χ4n) is 3.27. The molecule has 0 aromatic heterocycles. The molecule has 1 heterocycles. The summed E-state index contributed by atoms with van der Waals surface area (Å²) in [6.07, 6.45) is -5.15. The van der Waals surface area contributed by atoms with Gasteiger partial charge in [0, 0.05) is 12.0 Å². The van der Waals surface area contributed by atoms with Gasteiger partial charge >= 0.3 is 12.3 Å². The van der Waals surface area contributed by atoms with Gasteiger partial charge in [-0.1, -0.05) is 30.3 Å². The number of hydrogen-bond donors (Lipinski definition) is 1. The number of nitrogens with zero attached hydrogens (tertiary/aromatic N) is 1. The Hall–Kier alpha value is -2.25. The maximum atomic E-state index is 13.0. The first-order valence-electron chi connectivity index (χ1n) is 8.79. The van der Waals surface area contributed by atoms with E-state index >= 15 is 0 Å². The van der Waals surface area contributed by atoms with Crippen LogP contribution in [0.3, 0.4) is 0 Å². The van der Waals surface area contributed by atoms with E-state index < -0.39 is 42.4 Å². The molecule has 2 amide bonds. The molecule has 0 saturated carbocycles. The minimum Gasteiger partial charge on any atom is -0.444 e. The number of alkyl carbamates (subject to hydrolysis) is 1. The molecule has 1 saturated heterocycles. The molecule has 1 aromatic rings. The molecule has 1 aliphatic rings. The molecule has 3 unspecified atom stereocenters. The zero-order chi connectivity index (χ0) is 20.4. The maximum absolute atomic E-state index is 13.0. The van der Waals surface area contributed by atoms with Crippen molar-refractivity contribution in [2.75, 3.05) is 6.54 Å². The van der Waals surface area contributed by atoms with Gasteiger partial charge in [0.2, 0.25) is 5.91 Å². The van der Waals surface area contributed by atoms with Crippen molar-refractivity contribution < 1.29 is 27.5 Å². The van der Waals surface area contributed by atoms with Gasteiger partial charge in [0.05, 0.1) is 0 Å². The Morgan fingerprint density at radius 1 is 1.22 bits per heavy atom. The Kier molecular flexibility index (Phi) is 6.07. The second-order valence-corrected chi connectivity index (χ2v) is 7.77. The Bertz CT molecular complexity index is 671. The molecule has 2 rings (SSSR count). The molecule has 5 nitrogen and oxygen atoms in total. The Labute approximate surface area is 156 Å². The largest absolute Gasteiger partial charge is 0.444 e. The lowest BCUT2D eigenvalue weighted by Gasteiger charge is -2.43. The number of nitrogens with one attached hydrogen (secondary N) is 1. The van der Waals surface area contributed by atoms with Gasteiger partial charge in [0.25, 0.3) is 0 Å². The van der Waals surface area contributed by atoms with Crippen LogP contribution >= 0.6 is 0 Å². The molecule has 0 bridgehead atoms. The number of ether oxygens (including phenoxy) is 1. The van der Waals surface area contributed by atoms with Crippen molar-refractivity contribution >= 4 is 12.0 Å². The van der Waals surface area contributed by atoms with Gasteiger partial charge in [-0.15, -0.1) is 0 Å². The quantitative estimate of drug-likeness (QED) is 0.859. The zero-order valence-electron chi connectivity index (χ0n) is 15.8. The highest BCUT2D eigenvalue weighted by Crippen LogP contribution is 2.35. The van der Waals surface area contributed by atoms with Crippen molar-refractivity contribution in [2.45, 2.75) is 63.9 Å². The fraction of sp³-hybridized carbons (Fsp3) is 0.579. The molecule has 1 N–H and O–H groups in total. The number of benzene rings is 1. The zero-order valence-corrected chi connectivity index (χ0v) is 15.8. The topological polar surface area (TPSA) is 58.6 Å². The monoisotopic (exact) mass is 386 g/mol. The molecule has 8 heteroatoms. The molecule has 150 valence electrons. The minimum absolute atomic E-state index is 0.206. The first-order chi connectivity index (χ1) is 12.4. The summed E-state index contributed by atoms with van der Waals surface area (Å²) in [6.45, 7) is 5.24. The van der Waals surface area contributed by atoms with E-state index in [4.69, 9.17) is 4.74 Å². The fourth-order valence-corrected chi connectivity index (χ4v) is 3.27. The summed E-state index contributed by atoms with van der Waals surface area (Å²) in [5.41, 5.74) is 0.0419. The molecule has 27 heavy (non-hydrogen) atoms. The summed E-state index contributed by atoms with van der Waals surface area (Å²) in [5, 5.41) is 2.44. The predicted octanol–water partition coefficient (Wildman–Crippen LogP) is 3.85. The van der Waals surface area contributed by atoms with Crippen LogP contribution in [-0.2, 0) is 9.53 Å². The molecule has 0 aliphatic carbocycles. The van der Waals surface area contributed by atoms with Gasteiger partial charge < -0.3 is 15.0 Å². The van der Waals surface area contributed by atoms with E-state index in [9.17, 15) is 22.8 Å². The van der Waals surface area contributed by atoms with Crippen LogP contribution in [0.5, 0.6) is 0 Å². The maximum Gasteiger partial charge on any atom is 0.408 e. The average molecular weight is 386 g/mol. The van der Waals surface area contributed by atoms with E-state index in [0.29, 0.717) is 0 Å². The predicted molar refractivity (Wildman–Crippen MR) is 94.2 cm³/mol. The van der Waals surface area contributed by atoms with E-state index in [2.05, 4.69) is 5.32 Å². The van der Waals surface area contributed by atoms with Gasteiger partial charge in [-0.25, -0.2) is 4.79 Å². The van der Waals surface area contributed by atoms with Gasteiger partial charge in [-0.3, -0.25) is 4.79 Å². The van der Waals surface area contributed by atoms with Gasteiger partial charge in [0.15, 0.2) is 0 Å². The van der Waals surface area contributed by atoms with E-state index in [1.165, 1.54) is 0 Å². The number of likely N-dealkylation sites (tertiary alicyclic amines) is 1. The summed E-state index contributed by atoms with van der Waals surface area (Å²) in [7, 11) is 0. The molecule has 0 spiro atoms. The summed E-state index contributed by atoms with van der Waals surface area (Å²) >= 11 is 0. The van der Waals surface area contributed by atoms with Crippen molar-refractivity contribution in [3.05, 3.63) is 35.9 Å². The lowest BCUT2D eigenvalue weighted by molar-refractivity contribution is -0.170. The first kappa shape index (κ1) is 21.1. The standard InChI is InChI=1S/C19H25F3N2O3/c1-12-14(13-8-6-5-7-9-13)10-15(23-17(26)27-18(2,3)4)16(25)24(12)11-19(20,21)22/h5-9,12,14-15H,10-11H2,1-4H3,(H,23,26). The van der Waals surface area contributed by atoms with Crippen molar-refractivity contribution in [2.24, 2.45) is 0 Å². The average Bonchev–Trinajstić information content (AvgIpc) is 2.52. The molecular weight excluding hydrogens is 361 g/mol. The Balaban J connectivity index is 2.27. The lowest BCUT2D eigenvalue weighted by Crippen LogP contribution is -2.60. The molecule has 0 radical (unpaired) electrons. The minimum atomic E-state index is -4.53. The Morgan fingerprint density at radius 3 is 2.33 bits per heavy atom. The summed E-state index contributed by atoms with van der Waals surface area (Å²) in [4.78, 5) is 25.5. The molecule has 1 aromatic carbocycles. The SMILES string of the molecule is CC1C(c2ccccc2)CC(NC(=O)OC(C)(C)C)C(=O)N1CC(F)(F)F. The third kappa shape index (κ3) is 5.87. The Morgan fingerprint density at radius 2 is 1.81 bits per heavy atom. The number of alkyl halides is 3. The van der Waals surface area contributed by atoms with Gasteiger partial charge in [-0.2, -0.15) is 13.2 Å². The van der Waals surface area contributed by atoms with Crippen molar-refractivity contribution in [1.82, 2.24) is 10.2 Å². The number of halogens is 3. The van der Waals surface area contributed by atoms with Crippen LogP contribution in [-0.4, -0.2) is 47.3 Å². The van der Waals surface area contributed by atoms with Crippen LogP contribution in [0.4, 0.5) is 18.0 Å². The number of hydrogen-bond acceptors (Lipinski definition) is 3. The van der Waals surface area contributed by atoms with Crippen LogP contribution in [0.15, 0.2) is 30.3 Å². The van der Waals surface area contributed by atoms with Gasteiger partial charge in [0.1, 0.15) is 18.2 Å². The van der Waals surface area contributed by atoms with Crippen LogP contribution in [0.25, 0.3) is 0 Å². The highest BCUT2D eigenvalue weighted by molar-refractivity contribution is 5.87. The summed E-state index contributed by atoms with van der Waals surface area (Å²) in [6, 6.07) is 7.29. The van der Waals surface area contributed by atoms with Crippen molar-refractivity contribution in [3.8, 4) is 0 Å². The van der Waals surface area contributed by atoms with Crippen LogP contribution in [0.2, 0.25) is 0 Å². The highest BCUT2D eigenvalue weighted by atomic mass is 19.4. The van der Waals surface area contributed by atoms with Crippen LogP contribution in [0.1, 0.15) is 45.6 Å². The van der Waals surface area contributed by atoms with Crippen LogP contribution < -0.4 is 5.32 Å². The number of amides is 2. The van der Waals surface area contributed by atoms with E-state index in [1.54, 1.807) is 39.8 Å². The van der Waals surface area contributed by atoms with Gasteiger partial charge in [-0.05, 0) is 39.7 Å². The van der Waals surface area contributed by atoms with Crippen molar-refractivity contribution in [3.63, 3.8) is 0 Å². The van der Waals surface area contributed by atoms with E-state index in [-0.39, 0.29) is 12.3 Å². The molecular formula is C19H25F3N2O3. The molecule has 3 atom stereocenters. The smallest absolute Gasteiger partial charge is 0.408 e. The highest BCUT2D eigenvalue weighted by Gasteiger charge is 2.45. The van der Waals surface area contributed by atoms with Crippen LogP contribution in [0, 0.1) is 0 Å². The third-order valence-corrected chi connectivity index (χ3v) is 4.41. The normalized spacial score (nSPS) is 23.9. The number of carbonyl (C=O) groups excluding carboxylic acids is 2. The van der Waals surface area contributed by atoms with Crippen molar-refractivity contribution in [1.29, 1.82) is 0 Å². The number of rotatable bonds is 3.